The maximum Gasteiger partial charge on any atom is 0.298 e. The fraction of sp³-hybridized carbons (Fsp3) is 0.765. The van der Waals surface area contributed by atoms with E-state index in [0.717, 1.165) is 45.1 Å². The van der Waals surface area contributed by atoms with Crippen molar-refractivity contribution in [1.29, 1.82) is 0 Å². The summed E-state index contributed by atoms with van der Waals surface area (Å²) >= 11 is 5.76. The van der Waals surface area contributed by atoms with Crippen LogP contribution in [0.1, 0.15) is 56.4 Å². The van der Waals surface area contributed by atoms with Crippen LogP contribution in [0.15, 0.2) is 10.6 Å². The fourth-order valence-electron chi connectivity index (χ4n) is 3.83. The first kappa shape index (κ1) is 18.6. The number of carbonyl (C=O) groups is 1. The molecule has 0 radical (unpaired) electrons. The summed E-state index contributed by atoms with van der Waals surface area (Å²) in [6, 6.07) is 1.20. The van der Waals surface area contributed by atoms with Gasteiger partial charge >= 0.3 is 0 Å². The number of ether oxygens (including phenoxy) is 1. The van der Waals surface area contributed by atoms with E-state index in [2.05, 4.69) is 9.68 Å². The van der Waals surface area contributed by atoms with Crippen LogP contribution in [0.5, 0.6) is 0 Å². The Bertz CT molecular complexity index is 586. The standard InChI is InChI=1S/C17H23ClF2N2O3/c18-9-15(23)22(10-12-8-13(16(19)20)25-21-12)11-17(5-3-6-17)14-4-1-2-7-24-14/h8,14,16H,1-7,9-11H2. The number of carbonyl (C=O) groups excluding carboxylic acids is 1. The van der Waals surface area contributed by atoms with Crippen LogP contribution >= 0.6 is 11.6 Å². The van der Waals surface area contributed by atoms with E-state index in [-0.39, 0.29) is 29.9 Å². The first-order valence-electron chi connectivity index (χ1n) is 8.73. The molecular formula is C17H23ClF2N2O3. The normalized spacial score (nSPS) is 22.6. The highest BCUT2D eigenvalue weighted by molar-refractivity contribution is 6.27. The van der Waals surface area contributed by atoms with Crippen LogP contribution < -0.4 is 0 Å². The zero-order valence-corrected chi connectivity index (χ0v) is 14.8. The molecule has 1 saturated heterocycles. The molecule has 1 saturated carbocycles. The van der Waals surface area contributed by atoms with E-state index >= 15 is 0 Å². The lowest BCUT2D eigenvalue weighted by atomic mass is 9.63. The van der Waals surface area contributed by atoms with Crippen molar-refractivity contribution in [3.63, 3.8) is 0 Å². The van der Waals surface area contributed by atoms with Crippen LogP contribution in [0.4, 0.5) is 8.78 Å². The van der Waals surface area contributed by atoms with Crippen molar-refractivity contribution in [3.05, 3.63) is 17.5 Å². The summed E-state index contributed by atoms with van der Waals surface area (Å²) < 4.78 is 35.9. The molecule has 1 amide bonds. The number of alkyl halides is 3. The molecular weight excluding hydrogens is 354 g/mol. The number of hydrogen-bond acceptors (Lipinski definition) is 4. The van der Waals surface area contributed by atoms with Gasteiger partial charge < -0.3 is 14.2 Å². The van der Waals surface area contributed by atoms with Crippen LogP contribution in [0.3, 0.4) is 0 Å². The van der Waals surface area contributed by atoms with E-state index in [1.165, 1.54) is 6.07 Å². The summed E-state index contributed by atoms with van der Waals surface area (Å²) in [6.07, 6.45) is 3.77. The first-order valence-corrected chi connectivity index (χ1v) is 9.26. The molecule has 0 bridgehead atoms. The molecule has 1 aromatic rings. The summed E-state index contributed by atoms with van der Waals surface area (Å²) in [5, 5.41) is 3.66. The minimum Gasteiger partial charge on any atom is -0.378 e. The highest BCUT2D eigenvalue weighted by atomic mass is 35.5. The molecule has 1 aliphatic heterocycles. The smallest absolute Gasteiger partial charge is 0.298 e. The van der Waals surface area contributed by atoms with Crippen LogP contribution in [-0.4, -0.2) is 41.1 Å². The largest absolute Gasteiger partial charge is 0.378 e. The van der Waals surface area contributed by atoms with Gasteiger partial charge in [0.25, 0.3) is 6.43 Å². The first-order chi connectivity index (χ1) is 12.0. The number of rotatable bonds is 7. The lowest BCUT2D eigenvalue weighted by molar-refractivity contribution is -0.142. The summed E-state index contributed by atoms with van der Waals surface area (Å²) in [5.41, 5.74) is 0.255. The minimum atomic E-state index is -2.72. The van der Waals surface area contributed by atoms with Gasteiger partial charge in [0.2, 0.25) is 11.7 Å². The second kappa shape index (κ2) is 7.99. The Morgan fingerprint density at radius 2 is 2.20 bits per heavy atom. The van der Waals surface area contributed by atoms with Crippen LogP contribution in [0, 0.1) is 5.41 Å². The van der Waals surface area contributed by atoms with Gasteiger partial charge in [-0.2, -0.15) is 0 Å². The zero-order chi connectivity index (χ0) is 17.9. The van der Waals surface area contributed by atoms with Crippen molar-refractivity contribution in [2.45, 2.75) is 57.6 Å². The van der Waals surface area contributed by atoms with Crippen molar-refractivity contribution in [3.8, 4) is 0 Å². The Morgan fingerprint density at radius 1 is 1.40 bits per heavy atom. The molecule has 1 aliphatic carbocycles. The van der Waals surface area contributed by atoms with Crippen molar-refractivity contribution in [1.82, 2.24) is 10.1 Å². The molecule has 0 N–H and O–H groups in total. The maximum atomic E-state index is 12.7. The number of hydrogen-bond donors (Lipinski definition) is 0. The maximum absolute atomic E-state index is 12.7. The van der Waals surface area contributed by atoms with Gasteiger partial charge in [0.15, 0.2) is 0 Å². The quantitative estimate of drug-likeness (QED) is 0.677. The molecule has 5 nitrogen and oxygen atoms in total. The summed E-state index contributed by atoms with van der Waals surface area (Å²) in [7, 11) is 0. The monoisotopic (exact) mass is 376 g/mol. The molecule has 1 aromatic heterocycles. The van der Waals surface area contributed by atoms with E-state index < -0.39 is 12.2 Å². The van der Waals surface area contributed by atoms with Gasteiger partial charge in [-0.15, -0.1) is 11.6 Å². The topological polar surface area (TPSA) is 55.6 Å². The predicted molar refractivity (Wildman–Crippen MR) is 87.5 cm³/mol. The van der Waals surface area contributed by atoms with Gasteiger partial charge in [-0.1, -0.05) is 11.6 Å². The third kappa shape index (κ3) is 4.14. The van der Waals surface area contributed by atoms with Crippen LogP contribution in [-0.2, 0) is 16.1 Å². The van der Waals surface area contributed by atoms with Crippen LogP contribution in [0.25, 0.3) is 0 Å². The molecule has 8 heteroatoms. The third-order valence-electron chi connectivity index (χ3n) is 5.33. The lowest BCUT2D eigenvalue weighted by Gasteiger charge is -2.50. The van der Waals surface area contributed by atoms with E-state index in [0.29, 0.717) is 12.2 Å². The Kier molecular flexibility index (Phi) is 5.94. The SMILES string of the molecule is O=C(CCl)N(Cc1cc(C(F)F)on1)CC1(C2CCCCO2)CCC1. The lowest BCUT2D eigenvalue weighted by Crippen LogP contribution is -2.53. The molecule has 1 atom stereocenters. The van der Waals surface area contributed by atoms with Crippen molar-refractivity contribution in [2.24, 2.45) is 5.41 Å². The molecule has 25 heavy (non-hydrogen) atoms. The third-order valence-corrected chi connectivity index (χ3v) is 5.56. The van der Waals surface area contributed by atoms with Crippen molar-refractivity contribution in [2.75, 3.05) is 19.0 Å². The molecule has 2 fully saturated rings. The van der Waals surface area contributed by atoms with Gasteiger partial charge in [0.05, 0.1) is 12.6 Å². The number of nitrogens with zero attached hydrogens (tertiary/aromatic N) is 2. The zero-order valence-electron chi connectivity index (χ0n) is 14.1. The number of amides is 1. The Balaban J connectivity index is 1.72. The van der Waals surface area contributed by atoms with Gasteiger partial charge in [0, 0.05) is 24.6 Å². The molecule has 0 spiro atoms. The van der Waals surface area contributed by atoms with E-state index in [1.807, 2.05) is 0 Å². The molecule has 1 unspecified atom stereocenters. The Morgan fingerprint density at radius 3 is 2.72 bits per heavy atom. The van der Waals surface area contributed by atoms with Gasteiger partial charge in [0.1, 0.15) is 11.6 Å². The van der Waals surface area contributed by atoms with E-state index in [4.69, 9.17) is 16.3 Å². The Hall–Kier alpha value is -1.21. The molecule has 140 valence electrons. The summed E-state index contributed by atoms with van der Waals surface area (Å²) in [4.78, 5) is 13.9. The summed E-state index contributed by atoms with van der Waals surface area (Å²) in [5.74, 6) is -0.867. The Labute approximate surface area is 150 Å². The molecule has 2 heterocycles. The van der Waals surface area contributed by atoms with Gasteiger partial charge in [-0.25, -0.2) is 8.78 Å². The van der Waals surface area contributed by atoms with Gasteiger partial charge in [-0.05, 0) is 32.1 Å². The second-order valence-corrected chi connectivity index (χ2v) is 7.24. The number of aromatic nitrogens is 1. The average molecular weight is 377 g/mol. The number of halogens is 3. The van der Waals surface area contributed by atoms with E-state index in [1.54, 1.807) is 4.90 Å². The van der Waals surface area contributed by atoms with Gasteiger partial charge in [-0.3, -0.25) is 4.79 Å². The molecule has 3 rings (SSSR count). The fourth-order valence-corrected chi connectivity index (χ4v) is 4.00. The predicted octanol–water partition coefficient (Wildman–Crippen LogP) is 3.92. The molecule has 0 aromatic carbocycles. The van der Waals surface area contributed by atoms with Crippen LogP contribution in [0.2, 0.25) is 0 Å². The second-order valence-electron chi connectivity index (χ2n) is 6.98. The summed E-state index contributed by atoms with van der Waals surface area (Å²) in [6.45, 7) is 1.40. The average Bonchev–Trinajstić information content (AvgIpc) is 3.06. The van der Waals surface area contributed by atoms with Crippen molar-refractivity contribution < 1.29 is 22.8 Å². The highest BCUT2D eigenvalue weighted by Crippen LogP contribution is 2.48. The highest BCUT2D eigenvalue weighted by Gasteiger charge is 2.47. The van der Waals surface area contributed by atoms with Crippen molar-refractivity contribution >= 4 is 17.5 Å². The molecule has 2 aliphatic rings. The minimum absolute atomic E-state index is 0.0581. The van der Waals surface area contributed by atoms with E-state index in [9.17, 15) is 13.6 Å².